The van der Waals surface area contributed by atoms with E-state index in [1.165, 1.54) is 17.2 Å². The average Bonchev–Trinajstić information content (AvgIpc) is 3.37. The summed E-state index contributed by atoms with van der Waals surface area (Å²) >= 11 is 0. The molecule has 30 heavy (non-hydrogen) atoms. The Hall–Kier alpha value is -2.72. The molecule has 4 N–H and O–H groups in total. The summed E-state index contributed by atoms with van der Waals surface area (Å²) in [4.78, 5) is 12.5. The van der Waals surface area contributed by atoms with Crippen molar-refractivity contribution in [2.45, 2.75) is 43.4 Å². The average molecular weight is 431 g/mol. The fourth-order valence-electron chi connectivity index (χ4n) is 4.18. The molecule has 2 aromatic rings. The maximum absolute atomic E-state index is 12.7. The van der Waals surface area contributed by atoms with Crippen molar-refractivity contribution in [1.29, 1.82) is 0 Å². The number of fused-ring (bicyclic) bond motifs is 2. The number of rotatable bonds is 7. The number of hydrogen-bond donors (Lipinski definition) is 4. The third-order valence-electron chi connectivity index (χ3n) is 5.56. The Kier molecular flexibility index (Phi) is 5.87. The minimum Gasteiger partial charge on any atom is -0.367 e. The van der Waals surface area contributed by atoms with Gasteiger partial charge in [-0.25, -0.2) is 17.9 Å². The largest absolute Gasteiger partial charge is 0.367 e. The molecule has 0 aliphatic heterocycles. The number of amides is 2. The van der Waals surface area contributed by atoms with Gasteiger partial charge in [0.1, 0.15) is 10.7 Å². The van der Waals surface area contributed by atoms with Gasteiger partial charge in [-0.05, 0) is 67.8 Å². The molecular formula is C20H26N6O3S. The van der Waals surface area contributed by atoms with Gasteiger partial charge in [-0.3, -0.25) is 0 Å². The van der Waals surface area contributed by atoms with Gasteiger partial charge in [-0.15, -0.1) is 5.10 Å². The van der Waals surface area contributed by atoms with Gasteiger partial charge >= 0.3 is 6.03 Å². The highest BCUT2D eigenvalue weighted by Crippen LogP contribution is 2.38. The van der Waals surface area contributed by atoms with E-state index < -0.39 is 16.1 Å². The van der Waals surface area contributed by atoms with Gasteiger partial charge in [-0.1, -0.05) is 6.07 Å². The molecule has 0 bridgehead atoms. The number of urea groups is 1. The second-order valence-corrected chi connectivity index (χ2v) is 9.28. The lowest BCUT2D eigenvalue weighted by molar-refractivity contribution is 0.256. The monoisotopic (exact) mass is 430 g/mol. The highest BCUT2D eigenvalue weighted by molar-refractivity contribution is 7.90. The number of likely N-dealkylation sites (N-methyl/N-ethyl adjacent to an activating group) is 1. The fraction of sp³-hybridized carbons (Fsp3) is 0.450. The Morgan fingerprint density at radius 1 is 1.03 bits per heavy atom. The van der Waals surface area contributed by atoms with E-state index in [0.717, 1.165) is 61.5 Å². The minimum atomic E-state index is -4.08. The summed E-state index contributed by atoms with van der Waals surface area (Å²) in [6.07, 6.45) is 7.04. The van der Waals surface area contributed by atoms with Crippen molar-refractivity contribution < 1.29 is 13.2 Å². The van der Waals surface area contributed by atoms with Gasteiger partial charge in [0.15, 0.2) is 0 Å². The molecule has 0 atom stereocenters. The first-order valence-corrected chi connectivity index (χ1v) is 11.7. The number of aryl methyl sites for hydroxylation is 2. The molecule has 2 amide bonds. The molecule has 10 heteroatoms. The third-order valence-corrected chi connectivity index (χ3v) is 6.86. The molecule has 1 aromatic heterocycles. The maximum Gasteiger partial charge on any atom is 0.333 e. The summed E-state index contributed by atoms with van der Waals surface area (Å²) < 4.78 is 27.5. The van der Waals surface area contributed by atoms with Crippen LogP contribution < -0.4 is 20.7 Å². The van der Waals surface area contributed by atoms with Gasteiger partial charge in [-0.2, -0.15) is 5.10 Å². The molecule has 0 unspecified atom stereocenters. The van der Waals surface area contributed by atoms with Crippen LogP contribution in [0.1, 0.15) is 35.1 Å². The lowest BCUT2D eigenvalue weighted by Gasteiger charge is -2.16. The zero-order chi connectivity index (χ0) is 21.1. The Morgan fingerprint density at radius 2 is 1.73 bits per heavy atom. The van der Waals surface area contributed by atoms with Gasteiger partial charge in [0.05, 0.1) is 6.20 Å². The highest BCUT2D eigenvalue weighted by atomic mass is 32.2. The molecule has 160 valence electrons. The van der Waals surface area contributed by atoms with E-state index in [2.05, 4.69) is 36.9 Å². The number of benzene rings is 1. The van der Waals surface area contributed by atoms with Gasteiger partial charge in [0, 0.05) is 24.8 Å². The normalized spacial score (nSPS) is 14.8. The molecule has 0 fully saturated rings. The third kappa shape index (κ3) is 4.24. The van der Waals surface area contributed by atoms with Crippen LogP contribution in [0.15, 0.2) is 23.2 Å². The zero-order valence-electron chi connectivity index (χ0n) is 16.9. The van der Waals surface area contributed by atoms with Crippen LogP contribution in [0.2, 0.25) is 0 Å². The first kappa shape index (κ1) is 20.5. The number of hydrogen-bond acceptors (Lipinski definition) is 7. The van der Waals surface area contributed by atoms with Gasteiger partial charge < -0.3 is 16.0 Å². The van der Waals surface area contributed by atoms with Gasteiger partial charge in [0.2, 0.25) is 0 Å². The molecule has 0 saturated carbocycles. The number of nitrogens with zero attached hydrogens (tertiary/aromatic N) is 2. The molecule has 0 spiro atoms. The second-order valence-electron chi connectivity index (χ2n) is 7.60. The topological polar surface area (TPSA) is 125 Å². The molecular weight excluding hydrogens is 404 g/mol. The number of carbonyl (C=O) groups is 1. The standard InChI is InChI=1S/C20H26N6O3S/c1-21-8-9-22-18-11-15(12-23-25-18)30(28,29)26-20(27)24-19-16-6-2-4-13(16)10-14-5-3-7-17(14)19/h10-12,21H,2-9H2,1H3,(H,22,25)(H2,24,26,27). The van der Waals surface area contributed by atoms with Crippen LogP contribution >= 0.6 is 0 Å². The highest BCUT2D eigenvalue weighted by Gasteiger charge is 2.26. The smallest absolute Gasteiger partial charge is 0.333 e. The van der Waals surface area contributed by atoms with E-state index in [1.54, 1.807) is 0 Å². The van der Waals surface area contributed by atoms with Gasteiger partial charge in [0.25, 0.3) is 10.0 Å². The predicted molar refractivity (Wildman–Crippen MR) is 114 cm³/mol. The Morgan fingerprint density at radius 3 is 2.40 bits per heavy atom. The molecule has 1 heterocycles. The quantitative estimate of drug-likeness (QED) is 0.492. The molecule has 0 radical (unpaired) electrons. The summed E-state index contributed by atoms with van der Waals surface area (Å²) in [7, 11) is -2.27. The summed E-state index contributed by atoms with van der Waals surface area (Å²) in [5.74, 6) is 0.326. The zero-order valence-corrected chi connectivity index (χ0v) is 17.7. The molecule has 0 saturated heterocycles. The van der Waals surface area contributed by atoms with Crippen molar-refractivity contribution in [3.63, 3.8) is 0 Å². The Bertz CT molecular complexity index is 1040. The number of aromatic nitrogens is 2. The Balaban J connectivity index is 1.50. The molecule has 2 aliphatic rings. The van der Waals surface area contributed by atoms with Crippen molar-refractivity contribution in [1.82, 2.24) is 20.2 Å². The van der Waals surface area contributed by atoms with Crippen molar-refractivity contribution in [3.05, 3.63) is 40.6 Å². The molecule has 9 nitrogen and oxygen atoms in total. The van der Waals surface area contributed by atoms with Crippen LogP contribution in [0.5, 0.6) is 0 Å². The van der Waals surface area contributed by atoms with Crippen LogP contribution in [0.4, 0.5) is 16.3 Å². The fourth-order valence-corrected chi connectivity index (χ4v) is 5.05. The summed E-state index contributed by atoms with van der Waals surface area (Å²) in [6.45, 7) is 1.25. The van der Waals surface area contributed by atoms with E-state index in [0.29, 0.717) is 18.9 Å². The van der Waals surface area contributed by atoms with E-state index in [-0.39, 0.29) is 4.90 Å². The lowest BCUT2D eigenvalue weighted by Crippen LogP contribution is -2.35. The Labute approximate surface area is 176 Å². The summed E-state index contributed by atoms with van der Waals surface area (Å²) in [5.41, 5.74) is 5.62. The number of sulfonamides is 1. The van der Waals surface area contributed by atoms with Crippen LogP contribution in [-0.4, -0.2) is 44.8 Å². The van der Waals surface area contributed by atoms with Crippen LogP contribution in [0, 0.1) is 0 Å². The van der Waals surface area contributed by atoms with Crippen molar-refractivity contribution in [3.8, 4) is 0 Å². The molecule has 2 aliphatic carbocycles. The summed E-state index contributed by atoms with van der Waals surface area (Å²) in [5, 5.41) is 16.4. The van der Waals surface area contributed by atoms with Crippen molar-refractivity contribution in [2.24, 2.45) is 0 Å². The molecule has 4 rings (SSSR count). The SMILES string of the molecule is CNCCNc1cc(S(=O)(=O)NC(=O)Nc2c3c(cc4c2CCC4)CCC3)cnn1. The maximum atomic E-state index is 12.7. The van der Waals surface area contributed by atoms with Crippen molar-refractivity contribution >= 4 is 27.6 Å². The first-order chi connectivity index (χ1) is 14.5. The first-order valence-electron chi connectivity index (χ1n) is 10.2. The summed E-state index contributed by atoms with van der Waals surface area (Å²) in [6, 6.07) is 2.86. The molecule has 1 aromatic carbocycles. The van der Waals surface area contributed by atoms with E-state index in [4.69, 9.17) is 0 Å². The van der Waals surface area contributed by atoms with E-state index >= 15 is 0 Å². The van der Waals surface area contributed by atoms with E-state index in [9.17, 15) is 13.2 Å². The number of anilines is 2. The van der Waals surface area contributed by atoms with Crippen molar-refractivity contribution in [2.75, 3.05) is 30.8 Å². The lowest BCUT2D eigenvalue weighted by atomic mass is 9.99. The van der Waals surface area contributed by atoms with Crippen LogP contribution in [-0.2, 0) is 35.7 Å². The number of carbonyl (C=O) groups excluding carboxylic acids is 1. The van der Waals surface area contributed by atoms with E-state index in [1.807, 2.05) is 7.05 Å². The second kappa shape index (κ2) is 8.57. The minimum absolute atomic E-state index is 0.122. The van der Waals surface area contributed by atoms with Crippen LogP contribution in [0.25, 0.3) is 0 Å². The number of nitrogens with one attached hydrogen (secondary N) is 4. The predicted octanol–water partition coefficient (Wildman–Crippen LogP) is 1.60. The van der Waals surface area contributed by atoms with Crippen LogP contribution in [0.3, 0.4) is 0 Å².